The Balaban J connectivity index is 1.54. The number of guanidine groups is 1. The zero-order chi connectivity index (χ0) is 18.2. The van der Waals surface area contributed by atoms with Gasteiger partial charge in [-0.3, -0.25) is 0 Å². The van der Waals surface area contributed by atoms with E-state index in [4.69, 9.17) is 4.42 Å². The van der Waals surface area contributed by atoms with E-state index in [9.17, 15) is 0 Å². The Kier molecular flexibility index (Phi) is 7.08. The normalized spacial score (nSPS) is 16.8. The van der Waals surface area contributed by atoms with E-state index >= 15 is 0 Å². The smallest absolute Gasteiger partial charge is 0.236 e. The van der Waals surface area contributed by atoms with Gasteiger partial charge < -0.3 is 20.0 Å². The Morgan fingerprint density at radius 3 is 2.92 bits per heavy atom. The first-order chi connectivity index (χ1) is 12.8. The molecule has 3 rings (SSSR count). The summed E-state index contributed by atoms with van der Waals surface area (Å²) in [5.41, 5.74) is 0.850. The molecular weight excluding hydrogens is 346 g/mol. The molecule has 2 aromatic rings. The van der Waals surface area contributed by atoms with Crippen LogP contribution in [0.2, 0.25) is 0 Å². The number of nitrogens with one attached hydrogen (secondary N) is 2. The van der Waals surface area contributed by atoms with Crippen LogP contribution in [0.15, 0.2) is 33.2 Å². The minimum absolute atomic E-state index is 0.486. The molecule has 1 aliphatic heterocycles. The summed E-state index contributed by atoms with van der Waals surface area (Å²) < 4.78 is 5.57. The van der Waals surface area contributed by atoms with Crippen LogP contribution in [0, 0.1) is 0 Å². The molecule has 1 aliphatic rings. The number of likely N-dealkylation sites (tertiary alicyclic amines) is 1. The van der Waals surface area contributed by atoms with Crippen molar-refractivity contribution in [1.29, 1.82) is 0 Å². The maximum Gasteiger partial charge on any atom is 0.236 e. The molecule has 2 aromatic heterocycles. The van der Waals surface area contributed by atoms with E-state index in [-0.39, 0.29) is 0 Å². The monoisotopic (exact) mass is 375 g/mol. The average molecular weight is 376 g/mol. The number of thiophene rings is 1. The molecule has 0 saturated carbocycles. The molecule has 2 N–H and O–H groups in total. The molecule has 0 bridgehead atoms. The van der Waals surface area contributed by atoms with Crippen molar-refractivity contribution in [1.82, 2.24) is 20.5 Å². The number of piperidine rings is 1. The summed E-state index contributed by atoms with van der Waals surface area (Å²) in [4.78, 5) is 12.8. The molecule has 0 radical (unpaired) electrons. The first kappa shape index (κ1) is 18.9. The van der Waals surface area contributed by atoms with Crippen LogP contribution in [0.3, 0.4) is 0 Å². The second-order valence-electron chi connectivity index (χ2n) is 6.58. The standard InChI is InChI=1S/C19H29N5OS/c1-3-9-24-10-7-15(8-11-24)23-19(20-4-2)21-13-16-14-25-18(22-16)17-6-5-12-26-17/h5-6,12,14-15H,3-4,7-11,13H2,1-2H3,(H2,20,21,23). The van der Waals surface area contributed by atoms with Gasteiger partial charge in [0, 0.05) is 25.7 Å². The summed E-state index contributed by atoms with van der Waals surface area (Å²) in [5.74, 6) is 1.54. The largest absolute Gasteiger partial charge is 0.443 e. The van der Waals surface area contributed by atoms with Gasteiger partial charge in [0.15, 0.2) is 5.96 Å². The molecule has 0 unspecified atom stereocenters. The minimum Gasteiger partial charge on any atom is -0.443 e. The van der Waals surface area contributed by atoms with Crippen LogP contribution in [0.1, 0.15) is 38.8 Å². The molecule has 1 fully saturated rings. The number of nitrogens with zero attached hydrogens (tertiary/aromatic N) is 3. The summed E-state index contributed by atoms with van der Waals surface area (Å²) >= 11 is 1.63. The van der Waals surface area contributed by atoms with Crippen LogP contribution in [0.4, 0.5) is 0 Å². The van der Waals surface area contributed by atoms with E-state index in [1.54, 1.807) is 17.6 Å². The van der Waals surface area contributed by atoms with Gasteiger partial charge in [-0.1, -0.05) is 13.0 Å². The quantitative estimate of drug-likeness (QED) is 0.574. The number of aromatic nitrogens is 1. The molecule has 0 atom stereocenters. The van der Waals surface area contributed by atoms with Gasteiger partial charge in [-0.2, -0.15) is 0 Å². The third-order valence-corrected chi connectivity index (χ3v) is 5.35. The lowest BCUT2D eigenvalue weighted by molar-refractivity contribution is 0.206. The second kappa shape index (κ2) is 9.73. The van der Waals surface area contributed by atoms with Crippen LogP contribution in [0.5, 0.6) is 0 Å². The Morgan fingerprint density at radius 1 is 1.38 bits per heavy atom. The number of hydrogen-bond acceptors (Lipinski definition) is 5. The van der Waals surface area contributed by atoms with Gasteiger partial charge in [0.2, 0.25) is 5.89 Å². The molecule has 26 heavy (non-hydrogen) atoms. The fourth-order valence-electron chi connectivity index (χ4n) is 3.18. The second-order valence-corrected chi connectivity index (χ2v) is 7.52. The first-order valence-corrected chi connectivity index (χ1v) is 10.4. The molecule has 142 valence electrons. The Morgan fingerprint density at radius 2 is 2.23 bits per heavy atom. The highest BCUT2D eigenvalue weighted by atomic mass is 32.1. The van der Waals surface area contributed by atoms with Gasteiger partial charge in [0.1, 0.15) is 12.0 Å². The van der Waals surface area contributed by atoms with E-state index in [1.165, 1.54) is 26.1 Å². The van der Waals surface area contributed by atoms with Gasteiger partial charge in [-0.25, -0.2) is 9.98 Å². The van der Waals surface area contributed by atoms with Crippen molar-refractivity contribution in [3.05, 3.63) is 29.5 Å². The zero-order valence-electron chi connectivity index (χ0n) is 15.7. The molecule has 0 spiro atoms. The first-order valence-electron chi connectivity index (χ1n) is 9.54. The lowest BCUT2D eigenvalue weighted by atomic mass is 10.1. The van der Waals surface area contributed by atoms with Crippen LogP contribution in [0.25, 0.3) is 10.8 Å². The summed E-state index contributed by atoms with van der Waals surface area (Å²) in [6, 6.07) is 4.50. The Labute approximate surface area is 159 Å². The topological polar surface area (TPSA) is 65.7 Å². The summed E-state index contributed by atoms with van der Waals surface area (Å²) in [7, 11) is 0. The summed E-state index contributed by atoms with van der Waals surface area (Å²) in [6.07, 6.45) is 5.26. The highest BCUT2D eigenvalue weighted by Gasteiger charge is 2.19. The van der Waals surface area contributed by atoms with Gasteiger partial charge >= 0.3 is 0 Å². The maximum atomic E-state index is 5.57. The van der Waals surface area contributed by atoms with E-state index < -0.39 is 0 Å². The molecule has 0 aliphatic carbocycles. The van der Waals surface area contributed by atoms with Crippen molar-refractivity contribution < 1.29 is 4.42 Å². The van der Waals surface area contributed by atoms with Gasteiger partial charge in [-0.05, 0) is 44.2 Å². The molecule has 7 heteroatoms. The molecular formula is C19H29N5OS. The number of rotatable bonds is 7. The lowest BCUT2D eigenvalue weighted by Crippen LogP contribution is -2.48. The summed E-state index contributed by atoms with van der Waals surface area (Å²) in [5, 5.41) is 8.94. The van der Waals surface area contributed by atoms with Crippen molar-refractivity contribution >= 4 is 17.3 Å². The Bertz CT molecular complexity index is 674. The highest BCUT2D eigenvalue weighted by molar-refractivity contribution is 7.13. The SMILES string of the molecule is CCCN1CCC(NC(=NCc2coc(-c3cccs3)n2)NCC)CC1. The van der Waals surface area contributed by atoms with Crippen LogP contribution >= 0.6 is 11.3 Å². The lowest BCUT2D eigenvalue weighted by Gasteiger charge is -2.32. The van der Waals surface area contributed by atoms with Crippen LogP contribution in [-0.2, 0) is 6.54 Å². The fourth-order valence-corrected chi connectivity index (χ4v) is 3.84. The minimum atomic E-state index is 0.486. The summed E-state index contributed by atoms with van der Waals surface area (Å²) in [6.45, 7) is 9.23. The average Bonchev–Trinajstić information content (AvgIpc) is 3.33. The van der Waals surface area contributed by atoms with E-state index in [2.05, 4.69) is 39.4 Å². The number of hydrogen-bond donors (Lipinski definition) is 2. The predicted octanol–water partition coefficient (Wildman–Crippen LogP) is 3.33. The molecule has 3 heterocycles. The van der Waals surface area contributed by atoms with Gasteiger partial charge in [0.05, 0.1) is 11.4 Å². The maximum absolute atomic E-state index is 5.57. The van der Waals surface area contributed by atoms with Crippen molar-refractivity contribution in [3.63, 3.8) is 0 Å². The Hall–Kier alpha value is -1.86. The van der Waals surface area contributed by atoms with Crippen molar-refractivity contribution in [2.45, 2.75) is 45.7 Å². The third-order valence-electron chi connectivity index (χ3n) is 4.50. The van der Waals surface area contributed by atoms with Crippen molar-refractivity contribution in [2.24, 2.45) is 4.99 Å². The molecule has 0 aromatic carbocycles. The highest BCUT2D eigenvalue weighted by Crippen LogP contribution is 2.23. The van der Waals surface area contributed by atoms with Crippen LogP contribution < -0.4 is 10.6 Å². The fraction of sp³-hybridized carbons (Fsp3) is 0.579. The predicted molar refractivity (Wildman–Crippen MR) is 108 cm³/mol. The molecule has 6 nitrogen and oxygen atoms in total. The number of aliphatic imine (C=N–C) groups is 1. The van der Waals surface area contributed by atoms with Crippen molar-refractivity contribution in [2.75, 3.05) is 26.2 Å². The van der Waals surface area contributed by atoms with E-state index in [0.717, 1.165) is 35.9 Å². The van der Waals surface area contributed by atoms with Gasteiger partial charge in [0.25, 0.3) is 0 Å². The number of oxazole rings is 1. The van der Waals surface area contributed by atoms with Crippen LogP contribution in [-0.4, -0.2) is 48.1 Å². The van der Waals surface area contributed by atoms with E-state index in [0.29, 0.717) is 18.5 Å². The molecule has 0 amide bonds. The molecule has 1 saturated heterocycles. The zero-order valence-corrected chi connectivity index (χ0v) is 16.5. The third kappa shape index (κ3) is 5.32. The van der Waals surface area contributed by atoms with Gasteiger partial charge in [-0.15, -0.1) is 11.3 Å². The van der Waals surface area contributed by atoms with Crippen molar-refractivity contribution in [3.8, 4) is 10.8 Å². The van der Waals surface area contributed by atoms with E-state index in [1.807, 2.05) is 17.5 Å².